The fraction of sp³-hybridized carbons (Fsp3) is 0.455. The van der Waals surface area contributed by atoms with Gasteiger partial charge in [0.25, 0.3) is 0 Å². The summed E-state index contributed by atoms with van der Waals surface area (Å²) in [5, 5.41) is 0. The summed E-state index contributed by atoms with van der Waals surface area (Å²) in [4.78, 5) is 0. The molecule has 0 N–H and O–H groups in total. The van der Waals surface area contributed by atoms with Gasteiger partial charge in [0.2, 0.25) is 0 Å². The van der Waals surface area contributed by atoms with Crippen LogP contribution >= 0.6 is 9.24 Å². The number of hydrogen-bond donors (Lipinski definition) is 0. The Labute approximate surface area is 100 Å². The standard InChI is InChI=1S/C11H14F3O2P/c1-4-7(2)5-6-9-8(3)15-11(14,17)10(12,13)16-9/h5-6H,2,4,17H2,1,3H3/b6-5-. The summed E-state index contributed by atoms with van der Waals surface area (Å²) < 4.78 is 48.5. The highest BCUT2D eigenvalue weighted by atomic mass is 31.0. The molecule has 1 heterocycles. The third-order valence-electron chi connectivity index (χ3n) is 2.21. The largest absolute Gasteiger partial charge is 0.475 e. The maximum absolute atomic E-state index is 13.3. The molecule has 1 aliphatic heterocycles. The molecular weight excluding hydrogens is 252 g/mol. The minimum absolute atomic E-state index is 0.0476. The number of halogens is 3. The maximum Gasteiger partial charge on any atom is 0.475 e. The van der Waals surface area contributed by atoms with Crippen molar-refractivity contribution >= 4 is 9.24 Å². The van der Waals surface area contributed by atoms with Crippen molar-refractivity contribution in [3.63, 3.8) is 0 Å². The first-order valence-corrected chi connectivity index (χ1v) is 5.57. The molecular formula is C11H14F3O2P. The van der Waals surface area contributed by atoms with Crippen LogP contribution in [0.15, 0.2) is 35.8 Å². The minimum Gasteiger partial charge on any atom is -0.448 e. The third-order valence-corrected chi connectivity index (χ3v) is 2.66. The molecule has 0 aromatic carbocycles. The van der Waals surface area contributed by atoms with Crippen LogP contribution in [-0.2, 0) is 9.47 Å². The smallest absolute Gasteiger partial charge is 0.448 e. The van der Waals surface area contributed by atoms with Crippen LogP contribution in [0.4, 0.5) is 13.2 Å². The van der Waals surface area contributed by atoms with E-state index in [0.29, 0.717) is 6.42 Å². The van der Waals surface area contributed by atoms with Crippen LogP contribution in [0.1, 0.15) is 20.3 Å². The normalized spacial score (nSPS) is 27.9. The van der Waals surface area contributed by atoms with Gasteiger partial charge in [-0.2, -0.15) is 13.2 Å². The van der Waals surface area contributed by atoms with Crippen LogP contribution in [0.3, 0.4) is 0 Å². The van der Waals surface area contributed by atoms with Crippen molar-refractivity contribution < 1.29 is 22.6 Å². The highest BCUT2D eigenvalue weighted by Crippen LogP contribution is 2.46. The Kier molecular flexibility index (Phi) is 3.92. The SMILES string of the molecule is C=C(/C=C\C1=C(C)OC(F)(P)C(F)(F)O1)CC. The van der Waals surface area contributed by atoms with Crippen LogP contribution < -0.4 is 0 Å². The molecule has 0 saturated carbocycles. The summed E-state index contributed by atoms with van der Waals surface area (Å²) >= 11 is 0. The highest BCUT2D eigenvalue weighted by Gasteiger charge is 2.60. The molecule has 96 valence electrons. The van der Waals surface area contributed by atoms with Gasteiger partial charge in [-0.15, -0.1) is 0 Å². The summed E-state index contributed by atoms with van der Waals surface area (Å²) in [6, 6.07) is 0. The molecule has 0 aromatic rings. The molecule has 0 aromatic heterocycles. The maximum atomic E-state index is 13.3. The first-order chi connectivity index (χ1) is 7.69. The molecule has 6 heteroatoms. The zero-order valence-electron chi connectivity index (χ0n) is 9.60. The fourth-order valence-electron chi connectivity index (χ4n) is 1.07. The van der Waals surface area contributed by atoms with E-state index in [1.54, 1.807) is 0 Å². The van der Waals surface area contributed by atoms with Crippen molar-refractivity contribution in [3.05, 3.63) is 35.8 Å². The molecule has 2 nitrogen and oxygen atoms in total. The highest BCUT2D eigenvalue weighted by molar-refractivity contribution is 7.18. The molecule has 2 atom stereocenters. The summed E-state index contributed by atoms with van der Waals surface area (Å²) in [5.41, 5.74) is -2.50. The van der Waals surface area contributed by atoms with Gasteiger partial charge in [-0.3, -0.25) is 0 Å². The molecule has 0 amide bonds. The molecule has 17 heavy (non-hydrogen) atoms. The Balaban J connectivity index is 2.95. The summed E-state index contributed by atoms with van der Waals surface area (Å²) in [6.07, 6.45) is -0.567. The quantitative estimate of drug-likeness (QED) is 0.570. The molecule has 0 fully saturated rings. The average molecular weight is 266 g/mol. The first-order valence-electron chi connectivity index (χ1n) is 5.00. The van der Waals surface area contributed by atoms with E-state index in [1.807, 2.05) is 6.92 Å². The van der Waals surface area contributed by atoms with Gasteiger partial charge in [-0.1, -0.05) is 25.2 Å². The summed E-state index contributed by atoms with van der Waals surface area (Å²) in [5.74, 6) is -0.256. The van der Waals surface area contributed by atoms with Crippen LogP contribution in [0.2, 0.25) is 0 Å². The van der Waals surface area contributed by atoms with Gasteiger partial charge in [0.15, 0.2) is 5.76 Å². The Morgan fingerprint density at radius 3 is 2.53 bits per heavy atom. The van der Waals surface area contributed by atoms with Crippen molar-refractivity contribution in [3.8, 4) is 0 Å². The Bertz CT molecular complexity index is 386. The lowest BCUT2D eigenvalue weighted by atomic mass is 10.2. The van der Waals surface area contributed by atoms with Crippen LogP contribution in [-0.4, -0.2) is 11.7 Å². The minimum atomic E-state index is -4.05. The van der Waals surface area contributed by atoms with Crippen LogP contribution in [0.5, 0.6) is 0 Å². The lowest BCUT2D eigenvalue weighted by Gasteiger charge is -2.35. The van der Waals surface area contributed by atoms with Crippen molar-refractivity contribution in [1.29, 1.82) is 0 Å². The molecule has 0 saturated heterocycles. The first kappa shape index (κ1) is 14.1. The van der Waals surface area contributed by atoms with E-state index < -0.39 is 11.7 Å². The predicted molar refractivity (Wildman–Crippen MR) is 61.9 cm³/mol. The number of allylic oxidation sites excluding steroid dienone is 4. The van der Waals surface area contributed by atoms with Crippen molar-refractivity contribution in [2.75, 3.05) is 0 Å². The van der Waals surface area contributed by atoms with E-state index in [0.717, 1.165) is 5.57 Å². The zero-order valence-corrected chi connectivity index (χ0v) is 10.8. The topological polar surface area (TPSA) is 18.5 Å². The summed E-state index contributed by atoms with van der Waals surface area (Å²) in [7, 11) is 1.30. The second-order valence-corrected chi connectivity index (χ2v) is 4.37. The molecule has 1 aliphatic rings. The van der Waals surface area contributed by atoms with Crippen molar-refractivity contribution in [2.45, 2.75) is 32.0 Å². The van der Waals surface area contributed by atoms with Gasteiger partial charge < -0.3 is 9.47 Å². The average Bonchev–Trinajstić information content (AvgIpc) is 2.20. The van der Waals surface area contributed by atoms with Gasteiger partial charge in [-0.25, -0.2) is 0 Å². The molecule has 0 spiro atoms. The van der Waals surface area contributed by atoms with E-state index in [2.05, 4.69) is 16.1 Å². The number of hydrogen-bond acceptors (Lipinski definition) is 2. The van der Waals surface area contributed by atoms with E-state index in [-0.39, 0.29) is 11.5 Å². The van der Waals surface area contributed by atoms with Crippen LogP contribution in [0.25, 0.3) is 0 Å². The van der Waals surface area contributed by atoms with Gasteiger partial charge in [0.05, 0.1) is 0 Å². The number of ether oxygens (including phenoxy) is 2. The van der Waals surface area contributed by atoms with Gasteiger partial charge in [0, 0.05) is 0 Å². The van der Waals surface area contributed by atoms with Gasteiger partial charge in [0.1, 0.15) is 5.76 Å². The molecule has 0 aliphatic carbocycles. The van der Waals surface area contributed by atoms with Gasteiger partial charge >= 0.3 is 11.7 Å². The van der Waals surface area contributed by atoms with E-state index in [1.165, 1.54) is 28.3 Å². The Morgan fingerprint density at radius 2 is 2.00 bits per heavy atom. The van der Waals surface area contributed by atoms with Gasteiger partial charge in [-0.05, 0) is 28.7 Å². The third kappa shape index (κ3) is 3.03. The number of rotatable bonds is 3. The van der Waals surface area contributed by atoms with E-state index >= 15 is 0 Å². The second-order valence-electron chi connectivity index (χ2n) is 3.63. The predicted octanol–water partition coefficient (Wildman–Crippen LogP) is 3.88. The van der Waals surface area contributed by atoms with Crippen molar-refractivity contribution in [1.82, 2.24) is 0 Å². The Morgan fingerprint density at radius 1 is 1.41 bits per heavy atom. The molecule has 2 unspecified atom stereocenters. The lowest BCUT2D eigenvalue weighted by molar-refractivity contribution is -0.339. The monoisotopic (exact) mass is 266 g/mol. The molecule has 0 radical (unpaired) electrons. The Hall–Kier alpha value is -0.960. The lowest BCUT2D eigenvalue weighted by Crippen LogP contribution is -2.46. The fourth-order valence-corrected chi connectivity index (χ4v) is 1.31. The molecule has 1 rings (SSSR count). The summed E-state index contributed by atoms with van der Waals surface area (Å²) in [6.45, 7) is 6.90. The van der Waals surface area contributed by atoms with E-state index in [9.17, 15) is 13.2 Å². The number of alkyl halides is 3. The second kappa shape index (κ2) is 4.73. The molecule has 0 bridgehead atoms. The van der Waals surface area contributed by atoms with E-state index in [4.69, 9.17) is 0 Å². The zero-order chi connectivity index (χ0) is 13.3. The van der Waals surface area contributed by atoms with Crippen molar-refractivity contribution in [2.24, 2.45) is 0 Å². The van der Waals surface area contributed by atoms with Crippen LogP contribution in [0, 0.1) is 0 Å².